The zero-order valence-electron chi connectivity index (χ0n) is 21.3. The first kappa shape index (κ1) is 25.8. The second-order valence-electron chi connectivity index (χ2n) is 10.4. The number of carbonyl (C=O) groups excluding carboxylic acids is 1. The highest BCUT2D eigenvalue weighted by molar-refractivity contribution is 5.94. The summed E-state index contributed by atoms with van der Waals surface area (Å²) in [5, 5.41) is 14.8. The number of amides is 2. The van der Waals surface area contributed by atoms with Crippen LogP contribution in [0.2, 0.25) is 0 Å². The molecular weight excluding hydrogens is 478 g/mol. The van der Waals surface area contributed by atoms with Crippen LogP contribution in [0.5, 0.6) is 0 Å². The second kappa shape index (κ2) is 10.9. The number of hydrogen-bond acceptors (Lipinski definition) is 6. The molecule has 6 rings (SSSR count). The van der Waals surface area contributed by atoms with Crippen LogP contribution in [-0.2, 0) is 0 Å². The summed E-state index contributed by atoms with van der Waals surface area (Å²) < 4.78 is 1.77. The molecule has 10 nitrogen and oxygen atoms in total. The molecule has 2 saturated heterocycles. The van der Waals surface area contributed by atoms with Gasteiger partial charge in [-0.05, 0) is 55.8 Å². The predicted molar refractivity (Wildman–Crippen MR) is 149 cm³/mol. The number of carbonyl (C=O) groups is 1. The molecule has 10 heteroatoms. The van der Waals surface area contributed by atoms with Gasteiger partial charge in [-0.2, -0.15) is 10.2 Å². The molecule has 2 atom stereocenters. The Morgan fingerprint density at radius 1 is 1.13 bits per heavy atom. The van der Waals surface area contributed by atoms with Gasteiger partial charge in [0.15, 0.2) is 11.5 Å². The third-order valence-electron chi connectivity index (χ3n) is 7.68. The SMILES string of the molecule is C.CC(C)[C@H]1CN(CCC2CCCNC2)C(=O)N1c1ccn2ncc(-c3ccc(-c4ncn[nH]4)cc3)c2n1. The third-order valence-corrected chi connectivity index (χ3v) is 7.68. The molecule has 4 aromatic rings. The Morgan fingerprint density at radius 2 is 1.95 bits per heavy atom. The van der Waals surface area contributed by atoms with Crippen molar-refractivity contribution in [2.24, 2.45) is 11.8 Å². The van der Waals surface area contributed by atoms with E-state index in [1.54, 1.807) is 4.52 Å². The second-order valence-corrected chi connectivity index (χ2v) is 10.4. The number of nitrogens with zero attached hydrogens (tertiary/aromatic N) is 7. The maximum absolute atomic E-state index is 13.6. The van der Waals surface area contributed by atoms with Gasteiger partial charge in [0.2, 0.25) is 0 Å². The summed E-state index contributed by atoms with van der Waals surface area (Å²) in [4.78, 5) is 26.7. The summed E-state index contributed by atoms with van der Waals surface area (Å²) >= 11 is 0. The van der Waals surface area contributed by atoms with Gasteiger partial charge in [-0.3, -0.25) is 10.00 Å². The molecule has 0 saturated carbocycles. The number of piperidine rings is 1. The van der Waals surface area contributed by atoms with E-state index in [4.69, 9.17) is 4.98 Å². The Balaban J connectivity index is 0.00000294. The first-order chi connectivity index (χ1) is 18.1. The summed E-state index contributed by atoms with van der Waals surface area (Å²) in [5.41, 5.74) is 3.60. The van der Waals surface area contributed by atoms with Crippen LogP contribution >= 0.6 is 0 Å². The average molecular weight is 516 g/mol. The van der Waals surface area contributed by atoms with Crippen LogP contribution in [0.1, 0.15) is 40.5 Å². The lowest BCUT2D eigenvalue weighted by Crippen LogP contribution is -2.38. The van der Waals surface area contributed by atoms with E-state index in [-0.39, 0.29) is 19.5 Å². The Kier molecular flexibility index (Phi) is 7.42. The van der Waals surface area contributed by atoms with Crippen LogP contribution in [0.3, 0.4) is 0 Å². The predicted octanol–water partition coefficient (Wildman–Crippen LogP) is 4.47. The molecule has 0 aliphatic carbocycles. The van der Waals surface area contributed by atoms with E-state index in [0.717, 1.165) is 60.8 Å². The number of aromatic nitrogens is 6. The van der Waals surface area contributed by atoms with E-state index in [1.165, 1.54) is 19.2 Å². The van der Waals surface area contributed by atoms with E-state index >= 15 is 0 Å². The lowest BCUT2D eigenvalue weighted by atomic mass is 9.96. The van der Waals surface area contributed by atoms with Crippen molar-refractivity contribution >= 4 is 17.5 Å². The molecule has 1 unspecified atom stereocenters. The smallest absolute Gasteiger partial charge is 0.322 e. The molecule has 2 fully saturated rings. The van der Waals surface area contributed by atoms with Crippen molar-refractivity contribution in [2.75, 3.05) is 31.1 Å². The first-order valence-electron chi connectivity index (χ1n) is 13.2. The largest absolute Gasteiger partial charge is 0.326 e. The van der Waals surface area contributed by atoms with Crippen LogP contribution in [0.4, 0.5) is 10.6 Å². The molecule has 0 radical (unpaired) electrons. The minimum absolute atomic E-state index is 0. The van der Waals surface area contributed by atoms with E-state index < -0.39 is 0 Å². The molecular formula is C28H37N9O. The molecule has 2 N–H and O–H groups in total. The fourth-order valence-electron chi connectivity index (χ4n) is 5.50. The summed E-state index contributed by atoms with van der Waals surface area (Å²) in [7, 11) is 0. The van der Waals surface area contributed by atoms with Crippen LogP contribution in [0.25, 0.3) is 28.2 Å². The number of rotatable bonds is 7. The molecule has 200 valence electrons. The molecule has 3 aromatic heterocycles. The molecule has 2 aliphatic heterocycles. The number of fused-ring (bicyclic) bond motifs is 1. The van der Waals surface area contributed by atoms with Gasteiger partial charge in [0.25, 0.3) is 0 Å². The average Bonchev–Trinajstić information content (AvgIpc) is 3.67. The molecule has 2 amide bonds. The number of nitrogens with one attached hydrogen (secondary N) is 2. The fourth-order valence-corrected chi connectivity index (χ4v) is 5.50. The van der Waals surface area contributed by atoms with Gasteiger partial charge < -0.3 is 10.2 Å². The number of aromatic amines is 1. The molecule has 2 aliphatic rings. The number of urea groups is 1. The highest BCUT2D eigenvalue weighted by Crippen LogP contribution is 2.31. The van der Waals surface area contributed by atoms with Gasteiger partial charge in [-0.1, -0.05) is 45.5 Å². The van der Waals surface area contributed by atoms with Crippen molar-refractivity contribution in [3.8, 4) is 22.5 Å². The minimum atomic E-state index is 0. The van der Waals surface area contributed by atoms with Gasteiger partial charge in [0, 0.05) is 30.4 Å². The van der Waals surface area contributed by atoms with Crippen molar-refractivity contribution in [3.63, 3.8) is 0 Å². The first-order valence-corrected chi connectivity index (χ1v) is 13.2. The Morgan fingerprint density at radius 3 is 2.66 bits per heavy atom. The highest BCUT2D eigenvalue weighted by atomic mass is 16.2. The summed E-state index contributed by atoms with van der Waals surface area (Å²) in [5.74, 6) is 2.37. The topological polar surface area (TPSA) is 107 Å². The number of benzene rings is 1. The third kappa shape index (κ3) is 4.88. The number of anilines is 1. The normalized spacial score (nSPS) is 19.9. The van der Waals surface area contributed by atoms with E-state index in [0.29, 0.717) is 17.7 Å². The standard InChI is InChI=1S/C27H33N9O.CH4/c1-18(2)23-16-34(12-9-19-4-3-11-28-14-19)27(37)36(23)24-10-13-35-26(32-24)22(15-31-35)20-5-7-21(8-6-20)25-29-17-30-33-25;/h5-8,10,13,15,17-19,23,28H,3-4,9,11-12,14,16H2,1-2H3,(H,29,30,33);1H4/t19?,23-;/m1./s1. The fraction of sp³-hybridized carbons (Fsp3) is 0.464. The van der Waals surface area contributed by atoms with Crippen LogP contribution in [-0.4, -0.2) is 72.9 Å². The highest BCUT2D eigenvalue weighted by Gasteiger charge is 2.40. The van der Waals surface area contributed by atoms with Crippen molar-refractivity contribution < 1.29 is 4.79 Å². The maximum atomic E-state index is 13.6. The van der Waals surface area contributed by atoms with E-state index in [9.17, 15) is 4.79 Å². The molecule has 1 aromatic carbocycles. The van der Waals surface area contributed by atoms with Crippen molar-refractivity contribution in [1.82, 2.24) is 40.0 Å². The Labute approximate surface area is 223 Å². The van der Waals surface area contributed by atoms with Crippen molar-refractivity contribution in [3.05, 3.63) is 49.1 Å². The van der Waals surface area contributed by atoms with Crippen molar-refractivity contribution in [2.45, 2.75) is 46.6 Å². The summed E-state index contributed by atoms with van der Waals surface area (Å²) in [6.45, 7) is 8.05. The van der Waals surface area contributed by atoms with Gasteiger partial charge in [-0.25, -0.2) is 19.3 Å². The molecule has 0 bridgehead atoms. The molecule has 38 heavy (non-hydrogen) atoms. The van der Waals surface area contributed by atoms with Gasteiger partial charge in [0.05, 0.1) is 12.2 Å². The zero-order chi connectivity index (χ0) is 25.4. The van der Waals surface area contributed by atoms with Crippen LogP contribution in [0.15, 0.2) is 49.1 Å². The Hall–Kier alpha value is -3.79. The monoisotopic (exact) mass is 515 g/mol. The van der Waals surface area contributed by atoms with Crippen molar-refractivity contribution in [1.29, 1.82) is 0 Å². The minimum Gasteiger partial charge on any atom is -0.322 e. The summed E-state index contributed by atoms with van der Waals surface area (Å²) in [6.07, 6.45) is 8.73. The molecule has 0 spiro atoms. The van der Waals surface area contributed by atoms with Crippen LogP contribution < -0.4 is 10.2 Å². The van der Waals surface area contributed by atoms with E-state index in [2.05, 4.69) is 39.4 Å². The number of H-pyrrole nitrogens is 1. The lowest BCUT2D eigenvalue weighted by Gasteiger charge is -2.25. The quantitative estimate of drug-likeness (QED) is 0.376. The molecule has 5 heterocycles. The number of hydrogen-bond donors (Lipinski definition) is 2. The van der Waals surface area contributed by atoms with Gasteiger partial charge in [0.1, 0.15) is 12.1 Å². The van der Waals surface area contributed by atoms with Crippen LogP contribution in [0, 0.1) is 11.8 Å². The van der Waals surface area contributed by atoms with Gasteiger partial charge >= 0.3 is 6.03 Å². The maximum Gasteiger partial charge on any atom is 0.326 e. The lowest BCUT2D eigenvalue weighted by molar-refractivity contribution is 0.213. The summed E-state index contributed by atoms with van der Waals surface area (Å²) in [6, 6.07) is 10.1. The zero-order valence-corrected chi connectivity index (χ0v) is 21.3. The Bertz CT molecular complexity index is 1360. The van der Waals surface area contributed by atoms with E-state index in [1.807, 2.05) is 52.5 Å². The van der Waals surface area contributed by atoms with Gasteiger partial charge in [-0.15, -0.1) is 0 Å².